The lowest BCUT2D eigenvalue weighted by Gasteiger charge is -2.34. The van der Waals surface area contributed by atoms with Gasteiger partial charge in [0, 0.05) is 11.4 Å². The molecule has 0 saturated heterocycles. The van der Waals surface area contributed by atoms with E-state index >= 15 is 0 Å². The van der Waals surface area contributed by atoms with Crippen LogP contribution in [0.5, 0.6) is 5.75 Å². The zero-order valence-corrected chi connectivity index (χ0v) is 13.9. The molecular weight excluding hydrogens is 272 g/mol. The quantitative estimate of drug-likeness (QED) is 0.891. The Morgan fingerprint density at radius 2 is 2.00 bits per heavy atom. The van der Waals surface area contributed by atoms with Crippen LogP contribution in [0.3, 0.4) is 0 Å². The number of hydrogen-bond donors (Lipinski definition) is 1. The van der Waals surface area contributed by atoms with Crippen molar-refractivity contribution in [3.8, 4) is 5.75 Å². The zero-order valence-electron chi connectivity index (χ0n) is 13.9. The summed E-state index contributed by atoms with van der Waals surface area (Å²) in [6.45, 7) is 6.78. The van der Waals surface area contributed by atoms with Gasteiger partial charge in [0.15, 0.2) is 0 Å². The predicted molar refractivity (Wildman–Crippen MR) is 92.2 cm³/mol. The largest absolute Gasteiger partial charge is 0.490 e. The molecule has 1 aliphatic rings. The van der Waals surface area contributed by atoms with Gasteiger partial charge in [-0.1, -0.05) is 26.8 Å². The average molecular weight is 298 g/mol. The number of nitrogen functional groups attached to an aromatic ring is 1. The number of benzene rings is 1. The maximum atomic E-state index is 6.30. The van der Waals surface area contributed by atoms with Gasteiger partial charge in [0.1, 0.15) is 5.75 Å². The van der Waals surface area contributed by atoms with E-state index in [1.165, 1.54) is 12.8 Å². The molecule has 3 rings (SSSR count). The molecule has 3 nitrogen and oxygen atoms in total. The van der Waals surface area contributed by atoms with Crippen LogP contribution in [-0.4, -0.2) is 11.1 Å². The van der Waals surface area contributed by atoms with Crippen LogP contribution in [0.25, 0.3) is 10.9 Å². The molecule has 2 aromatic rings. The SMILES string of the molecule is CCc1cc(N)c2c(OC3CCC(C)(C)CC3)cccc2n1. The standard InChI is InChI=1S/C19H26N2O/c1-4-13-12-15(20)18-16(21-13)6-5-7-17(18)22-14-8-10-19(2,3)11-9-14/h5-7,12,14H,4,8-11H2,1-3H3,(H2,20,21). The molecule has 22 heavy (non-hydrogen) atoms. The van der Waals surface area contributed by atoms with E-state index in [4.69, 9.17) is 10.5 Å². The van der Waals surface area contributed by atoms with Gasteiger partial charge < -0.3 is 10.5 Å². The summed E-state index contributed by atoms with van der Waals surface area (Å²) in [6.07, 6.45) is 5.85. The van der Waals surface area contributed by atoms with Crippen molar-refractivity contribution in [1.82, 2.24) is 4.98 Å². The minimum atomic E-state index is 0.295. The van der Waals surface area contributed by atoms with Gasteiger partial charge in [0.25, 0.3) is 0 Å². The van der Waals surface area contributed by atoms with E-state index in [0.29, 0.717) is 11.5 Å². The molecule has 1 aromatic heterocycles. The highest BCUT2D eigenvalue weighted by atomic mass is 16.5. The van der Waals surface area contributed by atoms with Crippen LogP contribution in [0.4, 0.5) is 5.69 Å². The molecule has 1 fully saturated rings. The summed E-state index contributed by atoms with van der Waals surface area (Å²) in [4.78, 5) is 4.67. The molecule has 1 aliphatic carbocycles. The van der Waals surface area contributed by atoms with E-state index < -0.39 is 0 Å². The zero-order chi connectivity index (χ0) is 15.7. The number of nitrogens with zero attached hydrogens (tertiary/aromatic N) is 1. The topological polar surface area (TPSA) is 48.1 Å². The van der Waals surface area contributed by atoms with Gasteiger partial charge in [0.2, 0.25) is 0 Å². The number of pyridine rings is 1. The normalized spacial score (nSPS) is 18.5. The van der Waals surface area contributed by atoms with Crippen molar-refractivity contribution >= 4 is 16.6 Å². The molecule has 3 heteroatoms. The molecular formula is C19H26N2O. The molecule has 0 atom stereocenters. The van der Waals surface area contributed by atoms with Crippen LogP contribution in [0.15, 0.2) is 24.3 Å². The molecule has 0 spiro atoms. The Bertz CT molecular complexity index is 668. The third-order valence-corrected chi connectivity index (χ3v) is 4.82. The highest BCUT2D eigenvalue weighted by molar-refractivity contribution is 5.95. The number of rotatable bonds is 3. The first-order chi connectivity index (χ1) is 10.5. The summed E-state index contributed by atoms with van der Waals surface area (Å²) >= 11 is 0. The highest BCUT2D eigenvalue weighted by Gasteiger charge is 2.28. The molecule has 0 radical (unpaired) electrons. The predicted octanol–water partition coefficient (Wildman–Crippen LogP) is 4.73. The number of fused-ring (bicyclic) bond motifs is 1. The second-order valence-electron chi connectivity index (χ2n) is 7.19. The Morgan fingerprint density at radius 3 is 2.68 bits per heavy atom. The van der Waals surface area contributed by atoms with E-state index in [0.717, 1.165) is 47.3 Å². The molecule has 118 valence electrons. The Balaban J connectivity index is 1.88. The number of anilines is 1. The summed E-state index contributed by atoms with van der Waals surface area (Å²) < 4.78 is 6.30. The van der Waals surface area contributed by atoms with E-state index in [2.05, 4.69) is 25.8 Å². The first-order valence-corrected chi connectivity index (χ1v) is 8.33. The smallest absolute Gasteiger partial charge is 0.131 e. The molecule has 0 unspecified atom stereocenters. The first kappa shape index (κ1) is 15.1. The van der Waals surface area contributed by atoms with Crippen molar-refractivity contribution in [2.24, 2.45) is 5.41 Å². The fourth-order valence-corrected chi connectivity index (χ4v) is 3.29. The lowest BCUT2D eigenvalue weighted by atomic mass is 9.76. The molecule has 0 bridgehead atoms. The summed E-state index contributed by atoms with van der Waals surface area (Å²) in [7, 11) is 0. The monoisotopic (exact) mass is 298 g/mol. The number of nitrogens with two attached hydrogens (primary N) is 1. The number of ether oxygens (including phenoxy) is 1. The van der Waals surface area contributed by atoms with Crippen LogP contribution in [0.1, 0.15) is 52.1 Å². The minimum Gasteiger partial charge on any atom is -0.490 e. The van der Waals surface area contributed by atoms with Gasteiger partial charge in [-0.25, -0.2) is 0 Å². The van der Waals surface area contributed by atoms with E-state index in [-0.39, 0.29) is 0 Å². The van der Waals surface area contributed by atoms with Crippen LogP contribution < -0.4 is 10.5 Å². The van der Waals surface area contributed by atoms with Crippen LogP contribution in [0, 0.1) is 5.41 Å². The van der Waals surface area contributed by atoms with Crippen molar-refractivity contribution in [3.63, 3.8) is 0 Å². The molecule has 2 N–H and O–H groups in total. The molecule has 1 heterocycles. The Morgan fingerprint density at radius 1 is 1.27 bits per heavy atom. The first-order valence-electron chi connectivity index (χ1n) is 8.33. The van der Waals surface area contributed by atoms with Crippen LogP contribution in [0.2, 0.25) is 0 Å². The van der Waals surface area contributed by atoms with Gasteiger partial charge in [0.05, 0.1) is 17.0 Å². The lowest BCUT2D eigenvalue weighted by Crippen LogP contribution is -2.28. The van der Waals surface area contributed by atoms with E-state index in [1.54, 1.807) is 0 Å². The molecule has 1 aromatic carbocycles. The third kappa shape index (κ3) is 3.03. The highest BCUT2D eigenvalue weighted by Crippen LogP contribution is 2.38. The summed E-state index contributed by atoms with van der Waals surface area (Å²) in [5.41, 5.74) is 9.45. The number of aryl methyl sites for hydroxylation is 1. The van der Waals surface area contributed by atoms with Gasteiger partial charge in [-0.05, 0) is 55.7 Å². The Kier molecular flexibility index (Phi) is 3.98. The fraction of sp³-hybridized carbons (Fsp3) is 0.526. The van der Waals surface area contributed by atoms with Crippen molar-refractivity contribution in [2.45, 2.75) is 59.0 Å². The molecule has 0 aliphatic heterocycles. The fourth-order valence-electron chi connectivity index (χ4n) is 3.29. The Hall–Kier alpha value is -1.77. The van der Waals surface area contributed by atoms with Gasteiger partial charge in [-0.15, -0.1) is 0 Å². The van der Waals surface area contributed by atoms with Gasteiger partial charge >= 0.3 is 0 Å². The van der Waals surface area contributed by atoms with Crippen LogP contribution in [-0.2, 0) is 6.42 Å². The van der Waals surface area contributed by atoms with E-state index in [9.17, 15) is 0 Å². The average Bonchev–Trinajstić information content (AvgIpc) is 2.49. The summed E-state index contributed by atoms with van der Waals surface area (Å²) in [5.74, 6) is 0.884. The van der Waals surface area contributed by atoms with Crippen molar-refractivity contribution < 1.29 is 4.74 Å². The maximum Gasteiger partial charge on any atom is 0.131 e. The van der Waals surface area contributed by atoms with Crippen molar-refractivity contribution in [1.29, 1.82) is 0 Å². The van der Waals surface area contributed by atoms with E-state index in [1.807, 2.05) is 24.3 Å². The molecule has 1 saturated carbocycles. The van der Waals surface area contributed by atoms with Gasteiger partial charge in [-0.3, -0.25) is 4.98 Å². The summed E-state index contributed by atoms with van der Waals surface area (Å²) in [6, 6.07) is 8.02. The van der Waals surface area contributed by atoms with Gasteiger partial charge in [-0.2, -0.15) is 0 Å². The second-order valence-corrected chi connectivity index (χ2v) is 7.19. The number of hydrogen-bond acceptors (Lipinski definition) is 3. The Labute approximate surface area is 132 Å². The second kappa shape index (κ2) is 5.79. The number of aromatic nitrogens is 1. The summed E-state index contributed by atoms with van der Waals surface area (Å²) in [5, 5.41) is 0.963. The van der Waals surface area contributed by atoms with Crippen molar-refractivity contribution in [3.05, 3.63) is 30.0 Å². The third-order valence-electron chi connectivity index (χ3n) is 4.82. The van der Waals surface area contributed by atoms with Crippen molar-refractivity contribution in [2.75, 3.05) is 5.73 Å². The minimum absolute atomic E-state index is 0.295. The lowest BCUT2D eigenvalue weighted by molar-refractivity contribution is 0.100. The molecule has 0 amide bonds. The maximum absolute atomic E-state index is 6.30. The van der Waals surface area contributed by atoms with Crippen LogP contribution >= 0.6 is 0 Å².